The molecule has 0 saturated heterocycles. The molecule has 3 rings (SSSR count). The third-order valence-corrected chi connectivity index (χ3v) is 13.5. The normalized spacial score (nSPS) is 12.8. The lowest BCUT2D eigenvalue weighted by atomic mass is 10.0. The van der Waals surface area contributed by atoms with E-state index in [0.29, 0.717) is 13.0 Å². The molecule has 0 N–H and O–H groups in total. The Balaban J connectivity index is 1.74. The monoisotopic (exact) mass is 728 g/mol. The standard InChI is InChI=1S/C37H49IO5Si/c1-29(21-22-34-35(41-27-39-6)23-31(25-38)24-36(34)42-28-40-7)15-14-16-30(2)26-43-44(37(3,4)5,32-17-10-8-11-18-32)33-19-12-9-13-20-33/h8-13,16-21,23-24H,14-15,22,25-28H2,1-7H3/b29-21+,30-16+. The molecule has 7 heteroatoms. The zero-order valence-electron chi connectivity index (χ0n) is 27.5. The average molecular weight is 729 g/mol. The number of benzene rings is 3. The van der Waals surface area contributed by atoms with Gasteiger partial charge in [-0.1, -0.05) is 127 Å². The summed E-state index contributed by atoms with van der Waals surface area (Å²) in [5, 5.41) is 2.57. The van der Waals surface area contributed by atoms with Gasteiger partial charge in [-0.2, -0.15) is 0 Å². The van der Waals surface area contributed by atoms with E-state index in [4.69, 9.17) is 23.4 Å². The van der Waals surface area contributed by atoms with Crippen LogP contribution in [0.5, 0.6) is 11.5 Å². The Hall–Kier alpha value is -2.43. The van der Waals surface area contributed by atoms with E-state index in [0.717, 1.165) is 39.9 Å². The SMILES string of the molecule is COCOc1cc(CI)cc(OCOC)c1C/C=C(\C)CC/C=C(\C)CO[Si](c1ccccc1)(c1ccccc1)C(C)(C)C. The summed E-state index contributed by atoms with van der Waals surface area (Å²) in [6, 6.07) is 25.8. The third kappa shape index (κ3) is 9.78. The van der Waals surface area contributed by atoms with E-state index in [1.54, 1.807) is 14.2 Å². The Morgan fingerprint density at radius 3 is 1.75 bits per heavy atom. The molecule has 0 unspecified atom stereocenters. The van der Waals surface area contributed by atoms with Gasteiger partial charge in [0.15, 0.2) is 13.6 Å². The van der Waals surface area contributed by atoms with Crippen molar-refractivity contribution in [3.05, 3.63) is 107 Å². The van der Waals surface area contributed by atoms with Crippen molar-refractivity contribution in [3.8, 4) is 11.5 Å². The topological polar surface area (TPSA) is 46.2 Å². The van der Waals surface area contributed by atoms with Crippen LogP contribution in [-0.4, -0.2) is 42.7 Å². The maximum Gasteiger partial charge on any atom is 0.261 e. The van der Waals surface area contributed by atoms with Gasteiger partial charge in [-0.25, -0.2) is 0 Å². The van der Waals surface area contributed by atoms with Crippen LogP contribution in [0.1, 0.15) is 58.6 Å². The van der Waals surface area contributed by atoms with Crippen molar-refractivity contribution in [3.63, 3.8) is 0 Å². The van der Waals surface area contributed by atoms with Crippen molar-refractivity contribution >= 4 is 41.3 Å². The number of hydrogen-bond acceptors (Lipinski definition) is 5. The minimum absolute atomic E-state index is 0.0398. The van der Waals surface area contributed by atoms with Crippen molar-refractivity contribution in [2.45, 2.75) is 63.3 Å². The number of rotatable bonds is 17. The van der Waals surface area contributed by atoms with Crippen LogP contribution in [0.25, 0.3) is 0 Å². The molecule has 0 aliphatic carbocycles. The Kier molecular flexibility index (Phi) is 14.7. The first-order chi connectivity index (χ1) is 21.2. The van der Waals surface area contributed by atoms with Gasteiger partial charge in [0.25, 0.3) is 8.32 Å². The molecule has 0 aromatic heterocycles. The fraction of sp³-hybridized carbons (Fsp3) is 0.405. The van der Waals surface area contributed by atoms with Gasteiger partial charge in [0.05, 0.1) is 6.61 Å². The van der Waals surface area contributed by atoms with Gasteiger partial charge in [0, 0.05) is 24.2 Å². The third-order valence-electron chi connectivity index (χ3n) is 7.67. The molecule has 0 atom stereocenters. The second-order valence-electron chi connectivity index (χ2n) is 12.1. The molecule has 0 heterocycles. The van der Waals surface area contributed by atoms with Crippen molar-refractivity contribution in [2.75, 3.05) is 34.4 Å². The second kappa shape index (κ2) is 17.9. The largest absolute Gasteiger partial charge is 0.467 e. The number of halogens is 1. The average Bonchev–Trinajstić information content (AvgIpc) is 3.02. The molecule has 238 valence electrons. The van der Waals surface area contributed by atoms with Crippen LogP contribution in [-0.2, 0) is 24.7 Å². The maximum absolute atomic E-state index is 7.11. The van der Waals surface area contributed by atoms with Gasteiger partial charge in [0.1, 0.15) is 11.5 Å². The van der Waals surface area contributed by atoms with Gasteiger partial charge in [-0.05, 0) is 66.2 Å². The Labute approximate surface area is 279 Å². The maximum atomic E-state index is 7.11. The lowest BCUT2D eigenvalue weighted by Gasteiger charge is -2.43. The minimum Gasteiger partial charge on any atom is -0.467 e. The highest BCUT2D eigenvalue weighted by atomic mass is 127. The van der Waals surface area contributed by atoms with Gasteiger partial charge >= 0.3 is 0 Å². The summed E-state index contributed by atoms with van der Waals surface area (Å²) in [4.78, 5) is 0. The summed E-state index contributed by atoms with van der Waals surface area (Å²) >= 11 is 2.35. The molecule has 3 aromatic rings. The molecule has 44 heavy (non-hydrogen) atoms. The summed E-state index contributed by atoms with van der Waals surface area (Å²) in [6.07, 6.45) is 7.20. The van der Waals surface area contributed by atoms with Crippen LogP contribution in [0.2, 0.25) is 5.04 Å². The number of allylic oxidation sites excluding steroid dienone is 3. The number of methoxy groups -OCH3 is 2. The molecule has 0 bridgehead atoms. The molecule has 0 spiro atoms. The summed E-state index contributed by atoms with van der Waals surface area (Å²) < 4.78 is 30.2. The van der Waals surface area contributed by atoms with Crippen molar-refractivity contribution in [1.29, 1.82) is 0 Å². The molecule has 0 saturated carbocycles. The summed E-state index contributed by atoms with van der Waals surface area (Å²) in [6.45, 7) is 12.3. The molecular weight excluding hydrogens is 679 g/mol. The summed E-state index contributed by atoms with van der Waals surface area (Å²) in [5.74, 6) is 1.57. The molecule has 3 aromatic carbocycles. The summed E-state index contributed by atoms with van der Waals surface area (Å²) in [7, 11) is 0.702. The lowest BCUT2D eigenvalue weighted by Crippen LogP contribution is -2.66. The van der Waals surface area contributed by atoms with E-state index in [-0.39, 0.29) is 18.6 Å². The van der Waals surface area contributed by atoms with Crippen molar-refractivity contribution in [1.82, 2.24) is 0 Å². The highest BCUT2D eigenvalue weighted by Crippen LogP contribution is 2.37. The van der Waals surface area contributed by atoms with E-state index in [1.165, 1.54) is 21.5 Å². The van der Waals surface area contributed by atoms with Crippen LogP contribution in [0.15, 0.2) is 96.1 Å². The van der Waals surface area contributed by atoms with Gasteiger partial charge in [-0.3, -0.25) is 0 Å². The highest BCUT2D eigenvalue weighted by Gasteiger charge is 2.50. The predicted octanol–water partition coefficient (Wildman–Crippen LogP) is 8.38. The van der Waals surface area contributed by atoms with Gasteiger partial charge < -0.3 is 23.4 Å². The van der Waals surface area contributed by atoms with Gasteiger partial charge in [0.2, 0.25) is 0 Å². The Morgan fingerprint density at radius 2 is 1.30 bits per heavy atom. The van der Waals surface area contributed by atoms with Crippen LogP contribution < -0.4 is 19.8 Å². The molecule has 0 radical (unpaired) electrons. The number of ether oxygens (including phenoxy) is 4. The van der Waals surface area contributed by atoms with Crippen LogP contribution >= 0.6 is 22.6 Å². The number of hydrogen-bond donors (Lipinski definition) is 0. The fourth-order valence-corrected chi connectivity index (χ4v) is 10.5. The van der Waals surface area contributed by atoms with Crippen LogP contribution in [0, 0.1) is 0 Å². The predicted molar refractivity (Wildman–Crippen MR) is 193 cm³/mol. The molecule has 0 aliphatic rings. The van der Waals surface area contributed by atoms with Crippen molar-refractivity contribution < 1.29 is 23.4 Å². The first kappa shape index (κ1) is 36.0. The molecular formula is C37H49IO5Si. The second-order valence-corrected chi connectivity index (χ2v) is 17.2. The quantitative estimate of drug-likeness (QED) is 0.0460. The lowest BCUT2D eigenvalue weighted by molar-refractivity contribution is 0.0448. The first-order valence-corrected chi connectivity index (χ1v) is 18.6. The van der Waals surface area contributed by atoms with Gasteiger partial charge in [-0.15, -0.1) is 0 Å². The molecule has 0 amide bonds. The first-order valence-electron chi connectivity index (χ1n) is 15.2. The highest BCUT2D eigenvalue weighted by molar-refractivity contribution is 14.1. The number of alkyl halides is 1. The van der Waals surface area contributed by atoms with E-state index >= 15 is 0 Å². The van der Waals surface area contributed by atoms with Crippen LogP contribution in [0.4, 0.5) is 0 Å². The fourth-order valence-electron chi connectivity index (χ4n) is 5.42. The van der Waals surface area contributed by atoms with Crippen molar-refractivity contribution in [2.24, 2.45) is 0 Å². The van der Waals surface area contributed by atoms with E-state index in [9.17, 15) is 0 Å². The molecule has 0 fully saturated rings. The molecule has 5 nitrogen and oxygen atoms in total. The van der Waals surface area contributed by atoms with E-state index in [1.807, 2.05) is 0 Å². The Morgan fingerprint density at radius 1 is 0.773 bits per heavy atom. The zero-order valence-corrected chi connectivity index (χ0v) is 30.6. The van der Waals surface area contributed by atoms with E-state index < -0.39 is 8.32 Å². The minimum atomic E-state index is -2.55. The Bertz CT molecular complexity index is 1280. The summed E-state index contributed by atoms with van der Waals surface area (Å²) in [5.41, 5.74) is 4.70. The van der Waals surface area contributed by atoms with E-state index in [2.05, 4.69) is 142 Å². The molecule has 0 aliphatic heterocycles. The van der Waals surface area contributed by atoms with Crippen LogP contribution in [0.3, 0.4) is 0 Å². The zero-order chi connectivity index (χ0) is 32.0. The smallest absolute Gasteiger partial charge is 0.261 e.